The molecule has 1 amide bonds. The molecule has 5 nitrogen and oxygen atoms in total. The summed E-state index contributed by atoms with van der Waals surface area (Å²) in [6.07, 6.45) is 2.58. The van der Waals surface area contributed by atoms with Gasteiger partial charge >= 0.3 is 0 Å². The van der Waals surface area contributed by atoms with Crippen LogP contribution in [0.4, 0.5) is 0 Å². The number of hydrogen-bond donors (Lipinski definition) is 1. The number of nitrogens with zero attached hydrogens (tertiary/aromatic N) is 2. The molecule has 0 spiro atoms. The molecule has 4 rings (SSSR count). The van der Waals surface area contributed by atoms with Crippen molar-refractivity contribution in [3.63, 3.8) is 0 Å². The number of carbonyl (C=O) groups excluding carboxylic acids is 1. The Morgan fingerprint density at radius 3 is 2.42 bits per heavy atom. The molecule has 1 heterocycles. The monoisotopic (exact) mass is 503 g/mol. The van der Waals surface area contributed by atoms with Gasteiger partial charge in [-0.15, -0.1) is 0 Å². The van der Waals surface area contributed by atoms with Crippen LogP contribution >= 0.6 is 11.6 Å². The number of aryl methyl sites for hydroxylation is 1. The molecule has 4 aromatic rings. The number of unbranched alkanes of at least 4 members (excludes halogenated alkanes) is 1. The second kappa shape index (κ2) is 11.6. The minimum atomic E-state index is -0.109. The molecule has 0 aliphatic rings. The molecule has 0 saturated carbocycles. The van der Waals surface area contributed by atoms with E-state index in [1.165, 1.54) is 5.56 Å². The number of amides is 1. The Bertz CT molecular complexity index is 1290. The van der Waals surface area contributed by atoms with Crippen LogP contribution in [0, 0.1) is 0 Å². The van der Waals surface area contributed by atoms with Crippen LogP contribution in [-0.4, -0.2) is 28.6 Å². The first-order chi connectivity index (χ1) is 17.3. The van der Waals surface area contributed by atoms with Crippen LogP contribution < -0.4 is 10.1 Å². The van der Waals surface area contributed by atoms with E-state index < -0.39 is 0 Å². The third-order valence-corrected chi connectivity index (χ3v) is 6.49. The number of fused-ring (bicyclic) bond motifs is 1. The van der Waals surface area contributed by atoms with Gasteiger partial charge < -0.3 is 14.6 Å². The van der Waals surface area contributed by atoms with Crippen LogP contribution in [0.1, 0.15) is 55.4 Å². The molecule has 36 heavy (non-hydrogen) atoms. The van der Waals surface area contributed by atoms with E-state index in [2.05, 4.69) is 61.0 Å². The smallest absolute Gasteiger partial charge is 0.251 e. The van der Waals surface area contributed by atoms with Crippen molar-refractivity contribution in [3.8, 4) is 5.75 Å². The number of ether oxygens (including phenoxy) is 1. The number of hydrogen-bond acceptors (Lipinski definition) is 3. The Morgan fingerprint density at radius 1 is 0.972 bits per heavy atom. The molecule has 6 heteroatoms. The van der Waals surface area contributed by atoms with Gasteiger partial charge in [0.15, 0.2) is 0 Å². The highest BCUT2D eigenvalue weighted by Gasteiger charge is 2.13. The lowest BCUT2D eigenvalue weighted by molar-refractivity contribution is 0.0954. The normalized spacial score (nSPS) is 11.6. The standard InChI is InChI=1S/C30H34ClN3O2/c1-30(2,3)23-12-16-25(17-13-23)36-21-7-6-20-34-27-9-5-4-8-26(27)33-28(34)18-19-32-29(35)22-10-14-24(31)15-11-22/h4-5,8-17H,6-7,18-21H2,1-3H3,(H,32,35). The first-order valence-corrected chi connectivity index (χ1v) is 12.9. The molecule has 0 bridgehead atoms. The van der Waals surface area contributed by atoms with Crippen molar-refractivity contribution in [2.24, 2.45) is 0 Å². The predicted molar refractivity (Wildman–Crippen MR) is 147 cm³/mol. The van der Waals surface area contributed by atoms with Crippen molar-refractivity contribution in [2.45, 2.75) is 52.0 Å². The molecular weight excluding hydrogens is 470 g/mol. The summed E-state index contributed by atoms with van der Waals surface area (Å²) in [6.45, 7) is 8.68. The molecule has 0 aliphatic carbocycles. The number of imidazole rings is 1. The van der Waals surface area contributed by atoms with Crippen LogP contribution in [0.25, 0.3) is 11.0 Å². The summed E-state index contributed by atoms with van der Waals surface area (Å²) in [5.74, 6) is 1.78. The number of nitrogens with one attached hydrogen (secondary N) is 1. The molecule has 3 aromatic carbocycles. The van der Waals surface area contributed by atoms with Gasteiger partial charge in [0, 0.05) is 30.1 Å². The lowest BCUT2D eigenvalue weighted by Crippen LogP contribution is -2.26. The average molecular weight is 504 g/mol. The molecule has 1 aromatic heterocycles. The summed E-state index contributed by atoms with van der Waals surface area (Å²) in [4.78, 5) is 17.3. The lowest BCUT2D eigenvalue weighted by Gasteiger charge is -2.19. The highest BCUT2D eigenvalue weighted by molar-refractivity contribution is 6.30. The van der Waals surface area contributed by atoms with E-state index >= 15 is 0 Å². The van der Waals surface area contributed by atoms with Gasteiger partial charge in [-0.2, -0.15) is 0 Å². The Labute approximate surface area is 218 Å². The van der Waals surface area contributed by atoms with Crippen molar-refractivity contribution in [2.75, 3.05) is 13.2 Å². The summed E-state index contributed by atoms with van der Waals surface area (Å²) in [5, 5.41) is 3.61. The number of benzene rings is 3. The van der Waals surface area contributed by atoms with E-state index in [0.717, 1.165) is 42.0 Å². The van der Waals surface area contributed by atoms with E-state index in [1.807, 2.05) is 18.2 Å². The summed E-state index contributed by atoms with van der Waals surface area (Å²) >= 11 is 5.92. The van der Waals surface area contributed by atoms with Gasteiger partial charge in [-0.05, 0) is 72.4 Å². The molecule has 188 valence electrons. The summed E-state index contributed by atoms with van der Waals surface area (Å²) < 4.78 is 8.24. The zero-order chi connectivity index (χ0) is 25.5. The molecule has 0 unspecified atom stereocenters. The van der Waals surface area contributed by atoms with E-state index in [-0.39, 0.29) is 11.3 Å². The van der Waals surface area contributed by atoms with E-state index in [4.69, 9.17) is 21.3 Å². The van der Waals surface area contributed by atoms with Crippen molar-refractivity contribution in [1.29, 1.82) is 0 Å². The second-order valence-electron chi connectivity index (χ2n) is 10.0. The SMILES string of the molecule is CC(C)(C)c1ccc(OCCCCn2c(CCNC(=O)c3ccc(Cl)cc3)nc3ccccc32)cc1. The highest BCUT2D eigenvalue weighted by atomic mass is 35.5. The zero-order valence-corrected chi connectivity index (χ0v) is 22.0. The van der Waals surface area contributed by atoms with Gasteiger partial charge in [-0.1, -0.05) is 56.6 Å². The maximum Gasteiger partial charge on any atom is 0.251 e. The minimum Gasteiger partial charge on any atom is -0.494 e. The molecule has 0 aliphatic heterocycles. The van der Waals surface area contributed by atoms with Crippen molar-refractivity contribution >= 4 is 28.5 Å². The Kier molecular flexibility index (Phi) is 8.32. The number of halogens is 1. The number of aromatic nitrogens is 2. The lowest BCUT2D eigenvalue weighted by atomic mass is 9.87. The minimum absolute atomic E-state index is 0.109. The zero-order valence-electron chi connectivity index (χ0n) is 21.3. The predicted octanol–water partition coefficient (Wildman–Crippen LogP) is 6.82. The summed E-state index contributed by atoms with van der Waals surface area (Å²) in [6, 6.07) is 23.5. The van der Waals surface area contributed by atoms with E-state index in [1.54, 1.807) is 24.3 Å². The fourth-order valence-corrected chi connectivity index (χ4v) is 4.30. The third kappa shape index (κ3) is 6.67. The van der Waals surface area contributed by atoms with Gasteiger partial charge in [-0.3, -0.25) is 4.79 Å². The van der Waals surface area contributed by atoms with Gasteiger partial charge in [0.25, 0.3) is 5.91 Å². The number of rotatable bonds is 10. The quantitative estimate of drug-likeness (QED) is 0.241. The average Bonchev–Trinajstić information content (AvgIpc) is 3.21. The number of carbonyl (C=O) groups is 1. The summed E-state index contributed by atoms with van der Waals surface area (Å²) in [5.41, 5.74) is 4.14. The molecule has 0 fully saturated rings. The maximum absolute atomic E-state index is 12.4. The molecular formula is C30H34ClN3O2. The maximum atomic E-state index is 12.4. The second-order valence-corrected chi connectivity index (χ2v) is 10.4. The first-order valence-electron chi connectivity index (χ1n) is 12.5. The van der Waals surface area contributed by atoms with Crippen LogP contribution in [0.2, 0.25) is 5.02 Å². The van der Waals surface area contributed by atoms with E-state index in [0.29, 0.717) is 30.2 Å². The first kappa shape index (κ1) is 25.8. The van der Waals surface area contributed by atoms with Crippen LogP contribution in [0.5, 0.6) is 5.75 Å². The van der Waals surface area contributed by atoms with Crippen LogP contribution in [0.15, 0.2) is 72.8 Å². The highest BCUT2D eigenvalue weighted by Crippen LogP contribution is 2.24. The third-order valence-electron chi connectivity index (χ3n) is 6.24. The molecule has 1 N–H and O–H groups in total. The van der Waals surface area contributed by atoms with Gasteiger partial charge in [-0.25, -0.2) is 4.98 Å². The fourth-order valence-electron chi connectivity index (χ4n) is 4.17. The Balaban J connectivity index is 1.30. The van der Waals surface area contributed by atoms with E-state index in [9.17, 15) is 4.79 Å². The molecule has 0 saturated heterocycles. The van der Waals surface area contributed by atoms with Crippen molar-refractivity contribution in [3.05, 3.63) is 94.8 Å². The van der Waals surface area contributed by atoms with Gasteiger partial charge in [0.05, 0.1) is 17.6 Å². The topological polar surface area (TPSA) is 56.1 Å². The van der Waals surface area contributed by atoms with Gasteiger partial charge in [0.1, 0.15) is 11.6 Å². The molecule has 0 atom stereocenters. The fraction of sp³-hybridized carbons (Fsp3) is 0.333. The van der Waals surface area contributed by atoms with Gasteiger partial charge in [0.2, 0.25) is 0 Å². The Hall–Kier alpha value is -3.31. The van der Waals surface area contributed by atoms with Crippen molar-refractivity contribution < 1.29 is 9.53 Å². The summed E-state index contributed by atoms with van der Waals surface area (Å²) in [7, 11) is 0. The van der Waals surface area contributed by atoms with Crippen LogP contribution in [-0.2, 0) is 18.4 Å². The van der Waals surface area contributed by atoms with Crippen molar-refractivity contribution in [1.82, 2.24) is 14.9 Å². The Morgan fingerprint density at radius 2 is 1.69 bits per heavy atom. The molecule has 0 radical (unpaired) electrons. The number of para-hydroxylation sites is 2. The van der Waals surface area contributed by atoms with Crippen LogP contribution in [0.3, 0.4) is 0 Å². The largest absolute Gasteiger partial charge is 0.494 e.